The minimum atomic E-state index is -1.11. The fourth-order valence-corrected chi connectivity index (χ4v) is 2.19. The van der Waals surface area contributed by atoms with Crippen molar-refractivity contribution in [2.45, 2.75) is 26.4 Å². The number of nitro groups is 1. The van der Waals surface area contributed by atoms with E-state index >= 15 is 0 Å². The average Bonchev–Trinajstić information content (AvgIpc) is 2.55. The highest BCUT2D eigenvalue weighted by Crippen LogP contribution is 2.14. The van der Waals surface area contributed by atoms with Crippen molar-refractivity contribution in [1.82, 2.24) is 0 Å². The van der Waals surface area contributed by atoms with Crippen LogP contribution in [-0.4, -0.2) is 38.3 Å². The van der Waals surface area contributed by atoms with Crippen molar-refractivity contribution in [3.05, 3.63) is 74.8 Å². The molecule has 0 aliphatic rings. The van der Waals surface area contributed by atoms with E-state index in [2.05, 4.69) is 0 Å². The zero-order valence-corrected chi connectivity index (χ0v) is 14.2. The number of aliphatic hydroxyl groups is 1. The monoisotopic (exact) mass is 361 g/mol. The lowest BCUT2D eigenvalue weighted by molar-refractivity contribution is -0.384. The first-order chi connectivity index (χ1) is 12.1. The molecule has 0 amide bonds. The predicted molar refractivity (Wildman–Crippen MR) is 93.6 cm³/mol. The van der Waals surface area contributed by atoms with Gasteiger partial charge in [-0.25, -0.2) is 9.59 Å². The summed E-state index contributed by atoms with van der Waals surface area (Å²) in [5.41, 5.74) is 1.32. The lowest BCUT2D eigenvalue weighted by atomic mass is 10.0. The Labute approximate surface area is 149 Å². The lowest BCUT2D eigenvalue weighted by Gasteiger charge is -2.03. The van der Waals surface area contributed by atoms with Gasteiger partial charge in [0.05, 0.1) is 22.2 Å². The Morgan fingerprint density at radius 2 is 1.50 bits per heavy atom. The molecule has 0 spiro atoms. The molecule has 0 saturated carbocycles. The number of carbonyl (C=O) groups is 2. The first kappa shape index (κ1) is 20.8. The highest BCUT2D eigenvalue weighted by atomic mass is 16.6. The van der Waals surface area contributed by atoms with Crippen LogP contribution in [0.4, 0.5) is 5.69 Å². The fraction of sp³-hybridized carbons (Fsp3) is 0.222. The average molecular weight is 361 g/mol. The molecule has 0 aromatic heterocycles. The maximum atomic E-state index is 10.6. The van der Waals surface area contributed by atoms with Crippen LogP contribution < -0.4 is 0 Å². The first-order valence-corrected chi connectivity index (χ1v) is 7.61. The maximum absolute atomic E-state index is 10.6. The van der Waals surface area contributed by atoms with Crippen LogP contribution in [0.3, 0.4) is 0 Å². The van der Waals surface area contributed by atoms with Crippen molar-refractivity contribution >= 4 is 17.6 Å². The first-order valence-electron chi connectivity index (χ1n) is 7.61. The second-order valence-electron chi connectivity index (χ2n) is 5.57. The van der Waals surface area contributed by atoms with Gasteiger partial charge < -0.3 is 15.3 Å². The fourth-order valence-electron chi connectivity index (χ4n) is 2.19. The second-order valence-corrected chi connectivity index (χ2v) is 5.57. The summed E-state index contributed by atoms with van der Waals surface area (Å²) in [7, 11) is 0. The van der Waals surface area contributed by atoms with Gasteiger partial charge >= 0.3 is 11.9 Å². The maximum Gasteiger partial charge on any atom is 0.335 e. The molecule has 0 saturated heterocycles. The van der Waals surface area contributed by atoms with E-state index in [4.69, 9.17) is 15.3 Å². The molecular formula is C18H19NO7. The zero-order valence-electron chi connectivity index (χ0n) is 14.2. The van der Waals surface area contributed by atoms with Gasteiger partial charge in [0, 0.05) is 12.1 Å². The Morgan fingerprint density at radius 1 is 1.04 bits per heavy atom. The Hall–Kier alpha value is -3.26. The highest BCUT2D eigenvalue weighted by Gasteiger charge is 2.13. The highest BCUT2D eigenvalue weighted by molar-refractivity contribution is 5.96. The third-order valence-electron chi connectivity index (χ3n) is 3.47. The van der Waals surface area contributed by atoms with Crippen molar-refractivity contribution in [3.63, 3.8) is 0 Å². The number of nitro benzene ring substituents is 1. The number of nitrogens with zero attached hydrogens (tertiary/aromatic N) is 1. The number of non-ortho nitro benzene ring substituents is 1. The summed E-state index contributed by atoms with van der Waals surface area (Å²) in [5, 5.41) is 36.7. The molecule has 8 heteroatoms. The largest absolute Gasteiger partial charge is 0.478 e. The van der Waals surface area contributed by atoms with Crippen LogP contribution in [-0.2, 0) is 6.42 Å². The van der Waals surface area contributed by atoms with E-state index in [9.17, 15) is 19.7 Å². The van der Waals surface area contributed by atoms with Crippen LogP contribution >= 0.6 is 0 Å². The smallest absolute Gasteiger partial charge is 0.335 e. The van der Waals surface area contributed by atoms with Gasteiger partial charge in [-0.3, -0.25) is 10.1 Å². The van der Waals surface area contributed by atoms with Crippen molar-refractivity contribution in [2.75, 3.05) is 0 Å². The van der Waals surface area contributed by atoms with E-state index in [1.54, 1.807) is 19.1 Å². The second kappa shape index (κ2) is 9.28. The van der Waals surface area contributed by atoms with Crippen molar-refractivity contribution in [1.29, 1.82) is 0 Å². The van der Waals surface area contributed by atoms with E-state index in [0.717, 1.165) is 5.56 Å². The molecule has 0 aliphatic carbocycles. The molecule has 138 valence electrons. The molecule has 26 heavy (non-hydrogen) atoms. The summed E-state index contributed by atoms with van der Waals surface area (Å²) in [6.07, 6.45) is 0.110. The van der Waals surface area contributed by atoms with E-state index in [-0.39, 0.29) is 22.4 Å². The van der Waals surface area contributed by atoms with E-state index < -0.39 is 23.0 Å². The lowest BCUT2D eigenvalue weighted by Crippen LogP contribution is -2.06. The number of carboxylic acids is 2. The number of carboxylic acid groups (broad SMARTS) is 2. The molecule has 0 fully saturated rings. The van der Waals surface area contributed by atoms with Gasteiger partial charge in [0.1, 0.15) is 0 Å². The van der Waals surface area contributed by atoms with Crippen LogP contribution in [0.25, 0.3) is 0 Å². The Bertz CT molecular complexity index is 765. The summed E-state index contributed by atoms with van der Waals surface area (Å²) < 4.78 is 0. The summed E-state index contributed by atoms with van der Waals surface area (Å²) in [5.74, 6) is -2.22. The number of hydrogen-bond acceptors (Lipinski definition) is 5. The van der Waals surface area contributed by atoms with Crippen LogP contribution in [0.5, 0.6) is 0 Å². The van der Waals surface area contributed by atoms with E-state index in [1.165, 1.54) is 37.3 Å². The molecule has 2 aromatic rings. The summed E-state index contributed by atoms with van der Waals surface area (Å²) in [6.45, 7) is 3.16. The van der Waals surface area contributed by atoms with Gasteiger partial charge in [-0.05, 0) is 43.5 Å². The Morgan fingerprint density at radius 3 is 1.85 bits per heavy atom. The van der Waals surface area contributed by atoms with Gasteiger partial charge in [-0.15, -0.1) is 0 Å². The summed E-state index contributed by atoms with van der Waals surface area (Å²) >= 11 is 0. The topological polar surface area (TPSA) is 138 Å². The van der Waals surface area contributed by atoms with Crippen LogP contribution in [0.15, 0.2) is 42.5 Å². The third-order valence-corrected chi connectivity index (χ3v) is 3.47. The third kappa shape index (κ3) is 5.99. The molecule has 0 aliphatic heterocycles. The SMILES string of the molecule is CC(O)Cc1ccc([N+](=O)[O-])cc1.Cc1c(C(=O)O)cccc1C(=O)O. The molecule has 2 rings (SSSR count). The number of benzene rings is 2. The molecule has 2 aromatic carbocycles. The van der Waals surface area contributed by atoms with Crippen molar-refractivity contribution < 1.29 is 29.8 Å². The van der Waals surface area contributed by atoms with Gasteiger partial charge in [0.2, 0.25) is 0 Å². The normalized spacial score (nSPS) is 11.0. The standard InChI is InChI=1S/C9H11NO3.C9H8O4/c1-7(11)6-8-2-4-9(5-3-8)10(12)13;1-5-6(8(10)11)3-2-4-7(5)9(12)13/h2-5,7,11H,6H2,1H3;2-4H,1H3,(H,10,11)(H,12,13). The predicted octanol–water partition coefficient (Wildman–Crippen LogP) is 2.91. The number of rotatable bonds is 5. The number of aliphatic hydroxyl groups excluding tert-OH is 1. The van der Waals surface area contributed by atoms with Gasteiger partial charge in [-0.2, -0.15) is 0 Å². The van der Waals surface area contributed by atoms with E-state index in [0.29, 0.717) is 6.42 Å². The summed E-state index contributed by atoms with van der Waals surface area (Å²) in [4.78, 5) is 31.1. The number of hydrogen-bond donors (Lipinski definition) is 3. The van der Waals surface area contributed by atoms with Gasteiger partial charge in [0.15, 0.2) is 0 Å². The Kier molecular flexibility index (Phi) is 7.42. The van der Waals surface area contributed by atoms with Crippen LogP contribution in [0.1, 0.15) is 38.8 Å². The zero-order chi connectivity index (χ0) is 19.9. The Balaban J connectivity index is 0.000000260. The van der Waals surface area contributed by atoms with Crippen molar-refractivity contribution in [3.8, 4) is 0 Å². The number of aromatic carboxylic acids is 2. The van der Waals surface area contributed by atoms with Crippen LogP contribution in [0, 0.1) is 17.0 Å². The minimum Gasteiger partial charge on any atom is -0.478 e. The molecule has 1 atom stereocenters. The van der Waals surface area contributed by atoms with Gasteiger partial charge in [-0.1, -0.05) is 18.2 Å². The van der Waals surface area contributed by atoms with Crippen molar-refractivity contribution in [2.24, 2.45) is 0 Å². The molecule has 0 heterocycles. The molecule has 0 radical (unpaired) electrons. The molecule has 8 nitrogen and oxygen atoms in total. The molecular weight excluding hydrogens is 342 g/mol. The quantitative estimate of drug-likeness (QED) is 0.550. The van der Waals surface area contributed by atoms with Crippen LogP contribution in [0.2, 0.25) is 0 Å². The van der Waals surface area contributed by atoms with Gasteiger partial charge in [0.25, 0.3) is 5.69 Å². The molecule has 0 bridgehead atoms. The molecule has 1 unspecified atom stereocenters. The summed E-state index contributed by atoms with van der Waals surface area (Å²) in [6, 6.07) is 10.4. The molecule has 3 N–H and O–H groups in total. The van der Waals surface area contributed by atoms with E-state index in [1.807, 2.05) is 0 Å². The minimum absolute atomic E-state index is 0.0277.